The smallest absolute Gasteiger partial charge is 0.380 e. The number of hydrogen-bond donors (Lipinski definition) is 1. The maximum absolute atomic E-state index is 13.3. The van der Waals surface area contributed by atoms with Gasteiger partial charge >= 0.3 is 17.5 Å². The second-order valence-corrected chi connectivity index (χ2v) is 8.82. The van der Waals surface area contributed by atoms with Crippen molar-refractivity contribution in [1.82, 2.24) is 20.4 Å². The maximum Gasteiger partial charge on any atom is 0.417 e. The Bertz CT molecular complexity index is 961. The van der Waals surface area contributed by atoms with Crippen LogP contribution in [0.4, 0.5) is 23.1 Å². The highest BCUT2D eigenvalue weighted by Gasteiger charge is 2.36. The minimum Gasteiger partial charge on any atom is -0.380 e. The highest BCUT2D eigenvalue weighted by atomic mass is 32.1. The topological polar surface area (TPSA) is 87.7 Å². The minimum atomic E-state index is -4.60. The number of ether oxygens (including phenoxy) is 1. The van der Waals surface area contributed by atoms with Crippen molar-refractivity contribution in [3.63, 3.8) is 0 Å². The fraction of sp³-hybridized carbons (Fsp3) is 0.545. The van der Waals surface area contributed by atoms with E-state index in [2.05, 4.69) is 22.4 Å². The van der Waals surface area contributed by atoms with Crippen molar-refractivity contribution in [3.05, 3.63) is 35.4 Å². The highest BCUT2D eigenvalue weighted by molar-refractivity contribution is 7.17. The number of benzene rings is 1. The van der Waals surface area contributed by atoms with Gasteiger partial charge in [0.15, 0.2) is 0 Å². The summed E-state index contributed by atoms with van der Waals surface area (Å²) in [5.74, 6) is -0.653. The van der Waals surface area contributed by atoms with Crippen molar-refractivity contribution in [3.8, 4) is 5.19 Å². The lowest BCUT2D eigenvalue weighted by atomic mass is 10.1. The number of alkyl halides is 3. The summed E-state index contributed by atoms with van der Waals surface area (Å²) in [5.41, 5.74) is -1.29. The summed E-state index contributed by atoms with van der Waals surface area (Å²) in [6, 6.07) is 4.79. The van der Waals surface area contributed by atoms with E-state index in [4.69, 9.17) is 4.74 Å². The zero-order valence-corrected chi connectivity index (χ0v) is 19.8. The van der Waals surface area contributed by atoms with Crippen LogP contribution in [-0.2, 0) is 6.18 Å². The lowest BCUT2D eigenvalue weighted by molar-refractivity contribution is -0.138. The van der Waals surface area contributed by atoms with Gasteiger partial charge < -0.3 is 19.9 Å². The first-order valence-electron chi connectivity index (χ1n) is 11.3. The van der Waals surface area contributed by atoms with Crippen molar-refractivity contribution in [2.45, 2.75) is 45.2 Å². The summed E-state index contributed by atoms with van der Waals surface area (Å²) in [6.07, 6.45) is 0.226. The normalized spacial score (nSPS) is 14.2. The Morgan fingerprint density at radius 1 is 1.06 bits per heavy atom. The monoisotopic (exact) mass is 499 g/mol. The molecular formula is C22H28F3N5O3S. The zero-order valence-electron chi connectivity index (χ0n) is 18.9. The third-order valence-corrected chi connectivity index (χ3v) is 6.29. The fourth-order valence-electron chi connectivity index (χ4n) is 3.59. The number of hydrogen-bond acceptors (Lipinski definition) is 7. The fourth-order valence-corrected chi connectivity index (χ4v) is 4.34. The largest absolute Gasteiger partial charge is 0.417 e. The van der Waals surface area contributed by atoms with Gasteiger partial charge in [0, 0.05) is 32.7 Å². The first kappa shape index (κ1) is 25.7. The molecule has 0 saturated carbocycles. The quantitative estimate of drug-likeness (QED) is 0.509. The molecule has 0 aliphatic carbocycles. The number of nitrogens with one attached hydrogen (secondary N) is 1. The lowest BCUT2D eigenvalue weighted by Gasteiger charge is -2.34. The number of carbonyl (C=O) groups excluding carboxylic acids is 2. The number of amides is 2. The molecule has 1 aromatic carbocycles. The highest BCUT2D eigenvalue weighted by Crippen LogP contribution is 2.33. The summed E-state index contributed by atoms with van der Waals surface area (Å²) in [4.78, 5) is 27.9. The predicted octanol–water partition coefficient (Wildman–Crippen LogP) is 4.58. The molecule has 12 heteroatoms. The zero-order chi connectivity index (χ0) is 24.6. The van der Waals surface area contributed by atoms with Gasteiger partial charge in [0.2, 0.25) is 5.13 Å². The average molecular weight is 500 g/mol. The molecule has 3 rings (SSSR count). The molecule has 34 heavy (non-hydrogen) atoms. The van der Waals surface area contributed by atoms with Crippen LogP contribution in [0.25, 0.3) is 0 Å². The van der Waals surface area contributed by atoms with Gasteiger partial charge in [-0.15, -0.1) is 5.10 Å². The second kappa shape index (κ2) is 12.0. The van der Waals surface area contributed by atoms with Crippen LogP contribution in [0.1, 0.15) is 54.9 Å². The molecule has 2 amide bonds. The van der Waals surface area contributed by atoms with Crippen LogP contribution in [0.5, 0.6) is 5.19 Å². The maximum atomic E-state index is 13.3. The average Bonchev–Trinajstić information content (AvgIpc) is 3.28. The van der Waals surface area contributed by atoms with Crippen LogP contribution in [0.15, 0.2) is 24.3 Å². The molecule has 0 bridgehead atoms. The molecule has 0 spiro atoms. The Labute approximate surface area is 200 Å². The number of rotatable bonds is 9. The molecule has 1 aliphatic rings. The van der Waals surface area contributed by atoms with Crippen molar-refractivity contribution >= 4 is 28.5 Å². The van der Waals surface area contributed by atoms with E-state index in [1.165, 1.54) is 29.5 Å². The molecule has 1 saturated heterocycles. The number of anilines is 1. The third kappa shape index (κ3) is 7.05. The summed E-state index contributed by atoms with van der Waals surface area (Å²) >= 11 is 1.10. The number of aromatic nitrogens is 2. The van der Waals surface area contributed by atoms with Gasteiger partial charge in [0.05, 0.1) is 11.1 Å². The van der Waals surface area contributed by atoms with Crippen molar-refractivity contribution < 1.29 is 27.5 Å². The molecule has 1 aromatic heterocycles. The van der Waals surface area contributed by atoms with Gasteiger partial charge in [-0.25, -0.2) is 4.79 Å². The number of unbranched alkanes of at least 4 members (excludes halogenated alkanes) is 4. The Kier molecular flexibility index (Phi) is 9.08. The van der Waals surface area contributed by atoms with Crippen molar-refractivity contribution in [1.29, 1.82) is 0 Å². The first-order chi connectivity index (χ1) is 16.3. The molecule has 1 N–H and O–H groups in total. The Balaban J connectivity index is 1.47. The van der Waals surface area contributed by atoms with E-state index in [0.717, 1.165) is 43.1 Å². The van der Waals surface area contributed by atoms with E-state index in [1.807, 2.05) is 4.90 Å². The number of carbonyl (C=O) groups is 2. The van der Waals surface area contributed by atoms with Crippen molar-refractivity contribution in [2.75, 3.05) is 37.6 Å². The van der Waals surface area contributed by atoms with Gasteiger partial charge in [-0.1, -0.05) is 49.8 Å². The number of piperazine rings is 1. The van der Waals surface area contributed by atoms with Gasteiger partial charge in [0.25, 0.3) is 5.91 Å². The van der Waals surface area contributed by atoms with Crippen LogP contribution in [0.3, 0.4) is 0 Å². The van der Waals surface area contributed by atoms with Gasteiger partial charge in [0.1, 0.15) is 0 Å². The lowest BCUT2D eigenvalue weighted by Crippen LogP contribution is -2.49. The van der Waals surface area contributed by atoms with E-state index in [-0.39, 0.29) is 23.8 Å². The van der Waals surface area contributed by atoms with E-state index in [9.17, 15) is 22.8 Å². The van der Waals surface area contributed by atoms with Crippen LogP contribution in [0.2, 0.25) is 0 Å². The predicted molar refractivity (Wildman–Crippen MR) is 122 cm³/mol. The molecule has 186 valence electrons. The molecule has 1 fully saturated rings. The summed E-state index contributed by atoms with van der Waals surface area (Å²) in [6.45, 7) is 3.89. The van der Waals surface area contributed by atoms with Crippen LogP contribution in [0, 0.1) is 0 Å². The third-order valence-electron chi connectivity index (χ3n) is 5.43. The first-order valence-corrected chi connectivity index (χ1v) is 12.1. The SMILES string of the molecule is CCCCCCCNC(=O)Oc1nnc(N2CCN(C(=O)c3ccccc3C(F)(F)F)CC2)s1. The van der Waals surface area contributed by atoms with E-state index >= 15 is 0 Å². The van der Waals surface area contributed by atoms with Gasteiger partial charge in [-0.3, -0.25) is 4.79 Å². The molecule has 1 aliphatic heterocycles. The van der Waals surface area contributed by atoms with E-state index in [1.54, 1.807) is 0 Å². The molecular weight excluding hydrogens is 471 g/mol. The van der Waals surface area contributed by atoms with Gasteiger partial charge in [-0.05, 0) is 29.9 Å². The molecule has 0 atom stereocenters. The van der Waals surface area contributed by atoms with Crippen molar-refractivity contribution in [2.24, 2.45) is 0 Å². The Hall–Kier alpha value is -2.89. The van der Waals surface area contributed by atoms with Gasteiger partial charge in [-0.2, -0.15) is 13.2 Å². The van der Waals surface area contributed by atoms with Crippen LogP contribution in [-0.4, -0.2) is 59.8 Å². The Morgan fingerprint density at radius 2 is 1.76 bits per heavy atom. The summed E-state index contributed by atoms with van der Waals surface area (Å²) in [7, 11) is 0. The molecule has 8 nitrogen and oxygen atoms in total. The Morgan fingerprint density at radius 3 is 2.47 bits per heavy atom. The minimum absolute atomic E-state index is 0.107. The standard InChI is InChI=1S/C22H28F3N5O3S/c1-2-3-4-5-8-11-26-20(32)33-21-28-27-19(34-21)30-14-12-29(13-15-30)18(31)16-9-6-7-10-17(16)22(23,24)25/h6-7,9-10H,2-5,8,11-15H2,1H3,(H,26,32). The van der Waals surface area contributed by atoms with Crippen LogP contribution >= 0.6 is 11.3 Å². The number of halogens is 3. The summed E-state index contributed by atoms with van der Waals surface area (Å²) in [5, 5.41) is 11.2. The molecule has 2 heterocycles. The molecule has 0 unspecified atom stereocenters. The van der Waals surface area contributed by atoms with E-state index in [0.29, 0.717) is 24.8 Å². The second-order valence-electron chi connectivity index (χ2n) is 7.90. The van der Waals surface area contributed by atoms with Crippen LogP contribution < -0.4 is 15.0 Å². The van der Waals surface area contributed by atoms with E-state index < -0.39 is 23.7 Å². The molecule has 2 aromatic rings. The molecule has 0 radical (unpaired) electrons. The summed E-state index contributed by atoms with van der Waals surface area (Å²) < 4.78 is 44.9. The number of nitrogens with zero attached hydrogens (tertiary/aromatic N) is 4.